The Kier molecular flexibility index (Phi) is 3.96. The fraction of sp³-hybridized carbons (Fsp3) is 0.643. The van der Waals surface area contributed by atoms with Crippen LogP contribution in [0.15, 0.2) is 24.5 Å². The highest BCUT2D eigenvalue weighted by Gasteiger charge is 2.41. The van der Waals surface area contributed by atoms with Gasteiger partial charge in [0.25, 0.3) is 0 Å². The number of nitrogens with zero attached hydrogens (tertiary/aromatic N) is 1. The lowest BCUT2D eigenvalue weighted by atomic mass is 9.94. The number of hydrogen-bond acceptors (Lipinski definition) is 5. The quantitative estimate of drug-likeness (QED) is 0.848. The standard InChI is InChI=1S/C14H21N3O2/c1-2-13(8-15-3-1)17-7-12-6-14(19-9-12)10-16-4-5-18-11-14/h1-3,8,12,16-17H,4-7,9-11H2/t12-,14+/m0/s1. The van der Waals surface area contributed by atoms with Crippen molar-refractivity contribution in [2.45, 2.75) is 12.0 Å². The van der Waals surface area contributed by atoms with Crippen LogP contribution in [0, 0.1) is 5.92 Å². The van der Waals surface area contributed by atoms with Crippen LogP contribution in [-0.2, 0) is 9.47 Å². The summed E-state index contributed by atoms with van der Waals surface area (Å²) >= 11 is 0. The Morgan fingerprint density at radius 2 is 2.53 bits per heavy atom. The number of anilines is 1. The maximum absolute atomic E-state index is 6.02. The fourth-order valence-electron chi connectivity index (χ4n) is 2.79. The molecular weight excluding hydrogens is 242 g/mol. The zero-order valence-electron chi connectivity index (χ0n) is 11.1. The van der Waals surface area contributed by atoms with Crippen molar-refractivity contribution < 1.29 is 9.47 Å². The van der Waals surface area contributed by atoms with Crippen LogP contribution in [0.4, 0.5) is 5.69 Å². The van der Waals surface area contributed by atoms with E-state index in [0.29, 0.717) is 12.5 Å². The predicted octanol–water partition coefficient (Wildman–Crippen LogP) is 0.889. The van der Waals surface area contributed by atoms with Gasteiger partial charge in [-0.05, 0) is 18.6 Å². The van der Waals surface area contributed by atoms with E-state index in [1.807, 2.05) is 18.3 Å². The predicted molar refractivity (Wildman–Crippen MR) is 73.2 cm³/mol. The van der Waals surface area contributed by atoms with Crippen molar-refractivity contribution >= 4 is 5.69 Å². The Hall–Kier alpha value is -1.17. The summed E-state index contributed by atoms with van der Waals surface area (Å²) in [6.45, 7) is 5.04. The van der Waals surface area contributed by atoms with Gasteiger partial charge in [-0.15, -0.1) is 0 Å². The van der Waals surface area contributed by atoms with Gasteiger partial charge < -0.3 is 20.1 Å². The normalized spacial score (nSPS) is 31.3. The molecule has 3 heterocycles. The van der Waals surface area contributed by atoms with Crippen LogP contribution < -0.4 is 10.6 Å². The summed E-state index contributed by atoms with van der Waals surface area (Å²) in [5.41, 5.74) is 0.955. The van der Waals surface area contributed by atoms with Crippen molar-refractivity contribution in [1.82, 2.24) is 10.3 Å². The van der Waals surface area contributed by atoms with Crippen molar-refractivity contribution in [1.29, 1.82) is 0 Å². The third-order valence-electron chi connectivity index (χ3n) is 3.78. The lowest BCUT2D eigenvalue weighted by Gasteiger charge is -2.25. The Balaban J connectivity index is 1.51. The molecule has 5 nitrogen and oxygen atoms in total. The minimum atomic E-state index is -0.113. The monoisotopic (exact) mass is 263 g/mol. The van der Waals surface area contributed by atoms with Gasteiger partial charge in [0.05, 0.1) is 25.5 Å². The molecule has 2 aliphatic heterocycles. The van der Waals surface area contributed by atoms with Crippen molar-refractivity contribution in [3.05, 3.63) is 24.5 Å². The molecule has 1 spiro atoms. The number of pyridine rings is 1. The molecule has 104 valence electrons. The Morgan fingerprint density at radius 3 is 3.42 bits per heavy atom. The summed E-state index contributed by atoms with van der Waals surface area (Å²) in [7, 11) is 0. The SMILES string of the molecule is c1cncc(NC[C@H]2CO[C@@]3(CNCCOC3)C2)c1. The zero-order valence-corrected chi connectivity index (χ0v) is 11.1. The Labute approximate surface area is 113 Å². The smallest absolute Gasteiger partial charge is 0.104 e. The Morgan fingerprint density at radius 1 is 1.53 bits per heavy atom. The minimum absolute atomic E-state index is 0.113. The average molecular weight is 263 g/mol. The topological polar surface area (TPSA) is 55.4 Å². The number of aromatic nitrogens is 1. The van der Waals surface area contributed by atoms with E-state index in [1.54, 1.807) is 6.20 Å². The second-order valence-corrected chi connectivity index (χ2v) is 5.42. The van der Waals surface area contributed by atoms with E-state index in [-0.39, 0.29) is 5.60 Å². The Bertz CT molecular complexity index is 391. The molecule has 2 atom stereocenters. The molecule has 2 aliphatic rings. The van der Waals surface area contributed by atoms with E-state index >= 15 is 0 Å². The van der Waals surface area contributed by atoms with Crippen molar-refractivity contribution in [2.75, 3.05) is 44.8 Å². The molecule has 0 aromatic carbocycles. The first-order valence-electron chi connectivity index (χ1n) is 6.93. The van der Waals surface area contributed by atoms with Crippen LogP contribution in [0.2, 0.25) is 0 Å². The second kappa shape index (κ2) is 5.86. The van der Waals surface area contributed by atoms with Gasteiger partial charge in [0.2, 0.25) is 0 Å². The van der Waals surface area contributed by atoms with Gasteiger partial charge >= 0.3 is 0 Å². The van der Waals surface area contributed by atoms with Gasteiger partial charge in [0, 0.05) is 37.9 Å². The molecule has 0 unspecified atom stereocenters. The summed E-state index contributed by atoms with van der Waals surface area (Å²) in [5, 5.41) is 6.81. The highest BCUT2D eigenvalue weighted by Crippen LogP contribution is 2.31. The highest BCUT2D eigenvalue weighted by atomic mass is 16.5. The molecule has 5 heteroatoms. The first-order valence-corrected chi connectivity index (χ1v) is 6.93. The van der Waals surface area contributed by atoms with Crippen molar-refractivity contribution in [3.8, 4) is 0 Å². The number of rotatable bonds is 3. The highest BCUT2D eigenvalue weighted by molar-refractivity contribution is 5.39. The average Bonchev–Trinajstić information content (AvgIpc) is 2.70. The minimum Gasteiger partial charge on any atom is -0.383 e. The summed E-state index contributed by atoms with van der Waals surface area (Å²) in [6.07, 6.45) is 4.68. The molecule has 0 aliphatic carbocycles. The molecule has 0 radical (unpaired) electrons. The molecular formula is C14H21N3O2. The lowest BCUT2D eigenvalue weighted by molar-refractivity contribution is -0.0471. The van der Waals surface area contributed by atoms with E-state index in [2.05, 4.69) is 15.6 Å². The third-order valence-corrected chi connectivity index (χ3v) is 3.78. The van der Waals surface area contributed by atoms with Crippen LogP contribution in [0.3, 0.4) is 0 Å². The molecule has 0 amide bonds. The number of hydrogen-bond donors (Lipinski definition) is 2. The lowest BCUT2D eigenvalue weighted by Crippen LogP contribution is -2.42. The molecule has 1 aromatic heterocycles. The summed E-state index contributed by atoms with van der Waals surface area (Å²) in [6, 6.07) is 3.98. The van der Waals surface area contributed by atoms with Gasteiger partial charge in [-0.2, -0.15) is 0 Å². The summed E-state index contributed by atoms with van der Waals surface area (Å²) in [4.78, 5) is 4.10. The van der Waals surface area contributed by atoms with E-state index in [4.69, 9.17) is 9.47 Å². The van der Waals surface area contributed by atoms with Crippen LogP contribution in [-0.4, -0.2) is 50.0 Å². The van der Waals surface area contributed by atoms with Gasteiger partial charge in [-0.25, -0.2) is 0 Å². The molecule has 2 saturated heterocycles. The fourth-order valence-corrected chi connectivity index (χ4v) is 2.79. The van der Waals surface area contributed by atoms with E-state index in [1.165, 1.54) is 0 Å². The van der Waals surface area contributed by atoms with Crippen LogP contribution in [0.5, 0.6) is 0 Å². The van der Waals surface area contributed by atoms with E-state index in [9.17, 15) is 0 Å². The second-order valence-electron chi connectivity index (χ2n) is 5.42. The third kappa shape index (κ3) is 3.23. The first-order chi connectivity index (χ1) is 9.36. The maximum atomic E-state index is 6.02. The maximum Gasteiger partial charge on any atom is 0.104 e. The van der Waals surface area contributed by atoms with Crippen molar-refractivity contribution in [2.24, 2.45) is 5.92 Å². The first kappa shape index (κ1) is 12.8. The molecule has 2 fully saturated rings. The van der Waals surface area contributed by atoms with Gasteiger partial charge in [-0.1, -0.05) is 0 Å². The molecule has 3 rings (SSSR count). The van der Waals surface area contributed by atoms with Crippen LogP contribution in [0.25, 0.3) is 0 Å². The van der Waals surface area contributed by atoms with Crippen LogP contribution >= 0.6 is 0 Å². The summed E-state index contributed by atoms with van der Waals surface area (Å²) in [5.74, 6) is 0.531. The molecule has 19 heavy (non-hydrogen) atoms. The van der Waals surface area contributed by atoms with E-state index < -0.39 is 0 Å². The van der Waals surface area contributed by atoms with Crippen molar-refractivity contribution in [3.63, 3.8) is 0 Å². The molecule has 1 aromatic rings. The van der Waals surface area contributed by atoms with Gasteiger partial charge in [0.1, 0.15) is 5.60 Å². The molecule has 0 bridgehead atoms. The zero-order chi connectivity index (χ0) is 13.0. The molecule has 2 N–H and O–H groups in total. The number of ether oxygens (including phenoxy) is 2. The largest absolute Gasteiger partial charge is 0.383 e. The molecule has 0 saturated carbocycles. The van der Waals surface area contributed by atoms with E-state index in [0.717, 1.165) is 45.0 Å². The van der Waals surface area contributed by atoms with Gasteiger partial charge in [-0.3, -0.25) is 4.98 Å². The van der Waals surface area contributed by atoms with Gasteiger partial charge in [0.15, 0.2) is 0 Å². The van der Waals surface area contributed by atoms with Crippen LogP contribution in [0.1, 0.15) is 6.42 Å². The summed E-state index contributed by atoms with van der Waals surface area (Å²) < 4.78 is 11.6. The number of nitrogens with one attached hydrogen (secondary N) is 2.